The van der Waals surface area contributed by atoms with E-state index in [1.807, 2.05) is 0 Å². The predicted octanol–water partition coefficient (Wildman–Crippen LogP) is 4.43. The van der Waals surface area contributed by atoms with E-state index in [1.165, 1.54) is 29.4 Å². The summed E-state index contributed by atoms with van der Waals surface area (Å²) in [5.41, 5.74) is 5.49. The average Bonchev–Trinajstić information content (AvgIpc) is 3.44. The Balaban J connectivity index is 0.00000192. The van der Waals surface area contributed by atoms with E-state index in [1.54, 1.807) is 0 Å². The molecular formula is C23H27ClN2O2. The number of carbonyl (C=O) groups is 1. The van der Waals surface area contributed by atoms with Gasteiger partial charge in [0.2, 0.25) is 0 Å². The van der Waals surface area contributed by atoms with Crippen molar-refractivity contribution in [1.29, 1.82) is 0 Å². The fourth-order valence-corrected chi connectivity index (χ4v) is 4.88. The van der Waals surface area contributed by atoms with Gasteiger partial charge in [-0.15, -0.1) is 12.4 Å². The van der Waals surface area contributed by atoms with Crippen molar-refractivity contribution in [3.05, 3.63) is 59.7 Å². The van der Waals surface area contributed by atoms with Gasteiger partial charge in [0.1, 0.15) is 0 Å². The van der Waals surface area contributed by atoms with Gasteiger partial charge in [0.05, 0.1) is 7.11 Å². The van der Waals surface area contributed by atoms with Gasteiger partial charge in [0, 0.05) is 37.0 Å². The van der Waals surface area contributed by atoms with Crippen LogP contribution < -0.4 is 5.32 Å². The molecule has 0 radical (unpaired) electrons. The number of amides is 1. The van der Waals surface area contributed by atoms with Gasteiger partial charge in [-0.1, -0.05) is 48.5 Å². The predicted molar refractivity (Wildman–Crippen MR) is 113 cm³/mol. The van der Waals surface area contributed by atoms with Gasteiger partial charge in [-0.05, 0) is 41.5 Å². The number of benzene rings is 2. The number of methoxy groups -OCH3 is 1. The third-order valence-corrected chi connectivity index (χ3v) is 6.48. The number of hydrogen-bond acceptors (Lipinski definition) is 3. The summed E-state index contributed by atoms with van der Waals surface area (Å²) in [6, 6.07) is 18.1. The second kappa shape index (κ2) is 7.76. The molecule has 148 valence electrons. The second-order valence-electron chi connectivity index (χ2n) is 8.06. The molecule has 1 atom stereocenters. The number of halogens is 1. The summed E-state index contributed by atoms with van der Waals surface area (Å²) in [4.78, 5) is 14.7. The molecular weight excluding hydrogens is 372 g/mol. The first-order valence-electron chi connectivity index (χ1n) is 10.0. The SMILES string of the molecule is COC(=O)N(C1CC1)C(CC1c2ccccc2-c2ccccc21)C1CNC1.Cl. The molecule has 1 N–H and O–H groups in total. The molecule has 5 rings (SSSR count). The summed E-state index contributed by atoms with van der Waals surface area (Å²) in [7, 11) is 1.51. The summed E-state index contributed by atoms with van der Waals surface area (Å²) in [5, 5.41) is 3.40. The quantitative estimate of drug-likeness (QED) is 0.810. The van der Waals surface area contributed by atoms with Crippen LogP contribution in [0.2, 0.25) is 0 Å². The zero-order chi connectivity index (χ0) is 18.4. The topological polar surface area (TPSA) is 41.6 Å². The van der Waals surface area contributed by atoms with Crippen LogP contribution in [0.3, 0.4) is 0 Å². The van der Waals surface area contributed by atoms with Crippen molar-refractivity contribution in [2.45, 2.75) is 37.3 Å². The molecule has 2 fully saturated rings. The van der Waals surface area contributed by atoms with Crippen LogP contribution in [0.15, 0.2) is 48.5 Å². The minimum Gasteiger partial charge on any atom is -0.453 e. The molecule has 1 heterocycles. The third kappa shape index (κ3) is 3.19. The van der Waals surface area contributed by atoms with E-state index in [0.29, 0.717) is 17.9 Å². The zero-order valence-electron chi connectivity index (χ0n) is 16.1. The lowest BCUT2D eigenvalue weighted by atomic mass is 9.82. The number of nitrogens with zero attached hydrogens (tertiary/aromatic N) is 1. The van der Waals surface area contributed by atoms with Crippen molar-refractivity contribution in [3.8, 4) is 11.1 Å². The molecule has 2 aromatic carbocycles. The molecule has 2 aromatic rings. The largest absolute Gasteiger partial charge is 0.453 e. The Bertz CT molecular complexity index is 818. The van der Waals surface area contributed by atoms with E-state index in [4.69, 9.17) is 4.74 Å². The van der Waals surface area contributed by atoms with Gasteiger partial charge in [-0.3, -0.25) is 0 Å². The zero-order valence-corrected chi connectivity index (χ0v) is 17.0. The maximum atomic E-state index is 12.6. The van der Waals surface area contributed by atoms with Gasteiger partial charge < -0.3 is 15.0 Å². The van der Waals surface area contributed by atoms with Crippen molar-refractivity contribution < 1.29 is 9.53 Å². The minimum atomic E-state index is -0.158. The number of rotatable bonds is 5. The van der Waals surface area contributed by atoms with E-state index >= 15 is 0 Å². The van der Waals surface area contributed by atoms with E-state index in [-0.39, 0.29) is 24.5 Å². The number of ether oxygens (including phenoxy) is 1. The third-order valence-electron chi connectivity index (χ3n) is 6.48. The maximum Gasteiger partial charge on any atom is 0.409 e. The standard InChI is InChI=1S/C23H26N2O2.ClH/c1-27-23(26)25(16-10-11-16)22(15-13-24-14-15)12-21-19-8-4-2-6-17(19)18-7-3-5-9-20(18)21;/h2-9,15-16,21-22,24H,10-14H2,1H3;1H. The van der Waals surface area contributed by atoms with Gasteiger partial charge >= 0.3 is 6.09 Å². The van der Waals surface area contributed by atoms with Crippen LogP contribution in [0, 0.1) is 5.92 Å². The summed E-state index contributed by atoms with van der Waals surface area (Å²) in [6.45, 7) is 1.97. The normalized spacial score (nSPS) is 19.0. The first-order chi connectivity index (χ1) is 13.3. The lowest BCUT2D eigenvalue weighted by Crippen LogP contribution is -2.57. The van der Waals surface area contributed by atoms with Gasteiger partial charge in [0.25, 0.3) is 0 Å². The highest BCUT2D eigenvalue weighted by Crippen LogP contribution is 2.48. The molecule has 1 aliphatic heterocycles. The van der Waals surface area contributed by atoms with Crippen LogP contribution in [-0.2, 0) is 4.74 Å². The van der Waals surface area contributed by atoms with Crippen molar-refractivity contribution >= 4 is 18.5 Å². The molecule has 0 spiro atoms. The van der Waals surface area contributed by atoms with E-state index in [2.05, 4.69) is 58.7 Å². The molecule has 4 nitrogen and oxygen atoms in total. The van der Waals surface area contributed by atoms with Crippen LogP contribution in [0.25, 0.3) is 11.1 Å². The number of nitrogens with one attached hydrogen (secondary N) is 1. The Kier molecular flexibility index (Phi) is 5.35. The maximum absolute atomic E-state index is 12.6. The molecule has 5 heteroatoms. The Morgan fingerprint density at radius 1 is 1.07 bits per heavy atom. The Hall–Kier alpha value is -2.04. The van der Waals surface area contributed by atoms with E-state index < -0.39 is 0 Å². The van der Waals surface area contributed by atoms with Crippen molar-refractivity contribution in [1.82, 2.24) is 10.2 Å². The summed E-state index contributed by atoms with van der Waals surface area (Å²) < 4.78 is 5.18. The van der Waals surface area contributed by atoms with Crippen LogP contribution >= 0.6 is 12.4 Å². The van der Waals surface area contributed by atoms with Crippen LogP contribution in [-0.4, -0.2) is 43.3 Å². The molecule has 2 aliphatic carbocycles. The summed E-state index contributed by atoms with van der Waals surface area (Å²) >= 11 is 0. The first-order valence-corrected chi connectivity index (χ1v) is 10.0. The van der Waals surface area contributed by atoms with Gasteiger partial charge in [-0.25, -0.2) is 4.79 Å². The van der Waals surface area contributed by atoms with Crippen molar-refractivity contribution in [3.63, 3.8) is 0 Å². The van der Waals surface area contributed by atoms with E-state index in [9.17, 15) is 4.79 Å². The minimum absolute atomic E-state index is 0. The van der Waals surface area contributed by atoms with Crippen LogP contribution in [0.5, 0.6) is 0 Å². The van der Waals surface area contributed by atoms with Crippen molar-refractivity contribution in [2.75, 3.05) is 20.2 Å². The number of carbonyl (C=O) groups excluding carboxylic acids is 1. The highest BCUT2D eigenvalue weighted by molar-refractivity contribution is 5.85. The van der Waals surface area contributed by atoms with Gasteiger partial charge in [-0.2, -0.15) is 0 Å². The van der Waals surface area contributed by atoms with Crippen LogP contribution in [0.1, 0.15) is 36.3 Å². The summed E-state index contributed by atoms with van der Waals surface area (Å²) in [5.74, 6) is 0.846. The highest BCUT2D eigenvalue weighted by atomic mass is 35.5. The fraction of sp³-hybridized carbons (Fsp3) is 0.435. The van der Waals surface area contributed by atoms with Gasteiger partial charge in [0.15, 0.2) is 0 Å². The molecule has 1 unspecified atom stereocenters. The molecule has 28 heavy (non-hydrogen) atoms. The molecule has 1 saturated carbocycles. The lowest BCUT2D eigenvalue weighted by Gasteiger charge is -2.42. The fourth-order valence-electron chi connectivity index (χ4n) is 4.88. The highest BCUT2D eigenvalue weighted by Gasteiger charge is 2.44. The van der Waals surface area contributed by atoms with Crippen molar-refractivity contribution in [2.24, 2.45) is 5.92 Å². The monoisotopic (exact) mass is 398 g/mol. The lowest BCUT2D eigenvalue weighted by molar-refractivity contribution is 0.0659. The average molecular weight is 399 g/mol. The Morgan fingerprint density at radius 2 is 1.64 bits per heavy atom. The molecule has 1 amide bonds. The second-order valence-corrected chi connectivity index (χ2v) is 8.06. The molecule has 1 saturated heterocycles. The first kappa shape index (κ1) is 19.3. The number of fused-ring (bicyclic) bond motifs is 3. The van der Waals surface area contributed by atoms with E-state index in [0.717, 1.165) is 32.4 Å². The summed E-state index contributed by atoms with van der Waals surface area (Å²) in [6.07, 6.45) is 3.01. The Morgan fingerprint density at radius 3 is 2.11 bits per heavy atom. The Labute approximate surface area is 172 Å². The molecule has 3 aliphatic rings. The number of hydrogen-bond donors (Lipinski definition) is 1. The van der Waals surface area contributed by atoms with Crippen LogP contribution in [0.4, 0.5) is 4.79 Å². The molecule has 0 aromatic heterocycles. The smallest absolute Gasteiger partial charge is 0.409 e. The molecule has 0 bridgehead atoms.